The number of urea groups is 1. The summed E-state index contributed by atoms with van der Waals surface area (Å²) >= 11 is 0. The third kappa shape index (κ3) is 4.66. The Hall–Kier alpha value is -1.70. The molecule has 1 rings (SSSR count). The first-order chi connectivity index (χ1) is 8.58. The lowest BCUT2D eigenvalue weighted by atomic mass is 9.79. The molecule has 0 aromatic rings. The maximum atomic E-state index is 11.7. The van der Waals surface area contributed by atoms with E-state index in [0.29, 0.717) is 0 Å². The number of amides is 2. The molecule has 18 heavy (non-hydrogen) atoms. The van der Waals surface area contributed by atoms with Crippen LogP contribution in [0.3, 0.4) is 0 Å². The highest BCUT2D eigenvalue weighted by atomic mass is 16.4. The van der Waals surface area contributed by atoms with Gasteiger partial charge in [-0.25, -0.2) is 4.79 Å². The van der Waals surface area contributed by atoms with Gasteiger partial charge >= 0.3 is 12.0 Å². The van der Waals surface area contributed by atoms with Crippen molar-refractivity contribution in [2.24, 2.45) is 0 Å². The van der Waals surface area contributed by atoms with Crippen LogP contribution >= 0.6 is 0 Å². The maximum absolute atomic E-state index is 11.7. The van der Waals surface area contributed by atoms with Crippen molar-refractivity contribution in [2.45, 2.75) is 51.0 Å². The molecule has 0 radical (unpaired) electrons. The van der Waals surface area contributed by atoms with E-state index in [1.807, 2.05) is 0 Å². The van der Waals surface area contributed by atoms with Gasteiger partial charge in [-0.05, 0) is 19.8 Å². The lowest BCUT2D eigenvalue weighted by Gasteiger charge is -2.36. The minimum Gasteiger partial charge on any atom is -0.481 e. The number of rotatable bonds is 4. The Morgan fingerprint density at radius 3 is 2.50 bits per heavy atom. The first kappa shape index (κ1) is 14.4. The molecular weight excluding hydrogens is 232 g/mol. The fourth-order valence-corrected chi connectivity index (χ4v) is 2.36. The average molecular weight is 252 g/mol. The molecule has 2 amide bonds. The van der Waals surface area contributed by atoms with Crippen molar-refractivity contribution in [1.82, 2.24) is 10.6 Å². The van der Waals surface area contributed by atoms with Gasteiger partial charge in [0.25, 0.3) is 0 Å². The van der Waals surface area contributed by atoms with Gasteiger partial charge in [0.05, 0.1) is 18.5 Å². The highest BCUT2D eigenvalue weighted by Gasteiger charge is 2.35. The van der Waals surface area contributed by atoms with E-state index in [-0.39, 0.29) is 19.0 Å². The van der Waals surface area contributed by atoms with Crippen LogP contribution in [0.1, 0.15) is 45.4 Å². The van der Waals surface area contributed by atoms with Gasteiger partial charge in [-0.1, -0.05) is 25.2 Å². The minimum atomic E-state index is -0.870. The number of hydrogen-bond acceptors (Lipinski definition) is 2. The van der Waals surface area contributed by atoms with Crippen molar-refractivity contribution in [1.29, 1.82) is 0 Å². The van der Waals surface area contributed by atoms with Crippen molar-refractivity contribution in [3.63, 3.8) is 0 Å². The molecule has 0 aromatic heterocycles. The number of hydrogen-bond donors (Lipinski definition) is 3. The molecule has 5 nitrogen and oxygen atoms in total. The normalized spacial score (nSPS) is 17.2. The van der Waals surface area contributed by atoms with Crippen LogP contribution in [0.25, 0.3) is 0 Å². The highest BCUT2D eigenvalue weighted by molar-refractivity contribution is 5.77. The third-order valence-electron chi connectivity index (χ3n) is 3.19. The third-order valence-corrected chi connectivity index (χ3v) is 3.19. The number of aliphatic carboxylic acids is 1. The van der Waals surface area contributed by atoms with Gasteiger partial charge in [-0.3, -0.25) is 4.79 Å². The van der Waals surface area contributed by atoms with Crippen LogP contribution < -0.4 is 10.6 Å². The molecule has 0 aliphatic heterocycles. The van der Waals surface area contributed by atoms with E-state index in [1.54, 1.807) is 6.92 Å². The zero-order chi connectivity index (χ0) is 13.4. The molecule has 5 heteroatoms. The van der Waals surface area contributed by atoms with Gasteiger partial charge < -0.3 is 15.7 Å². The molecule has 0 aromatic carbocycles. The van der Waals surface area contributed by atoms with E-state index >= 15 is 0 Å². The largest absolute Gasteiger partial charge is 0.481 e. The van der Waals surface area contributed by atoms with Crippen molar-refractivity contribution >= 4 is 12.0 Å². The Balaban J connectivity index is 2.56. The van der Waals surface area contributed by atoms with E-state index in [1.165, 1.54) is 0 Å². The molecule has 1 aliphatic carbocycles. The van der Waals surface area contributed by atoms with Crippen molar-refractivity contribution < 1.29 is 14.7 Å². The topological polar surface area (TPSA) is 78.4 Å². The molecule has 1 aliphatic rings. The molecule has 3 N–H and O–H groups in total. The second-order valence-corrected chi connectivity index (χ2v) is 4.65. The fraction of sp³-hybridized carbons (Fsp3) is 0.692. The van der Waals surface area contributed by atoms with Crippen LogP contribution in [0, 0.1) is 11.8 Å². The second-order valence-electron chi connectivity index (χ2n) is 4.65. The van der Waals surface area contributed by atoms with Crippen LogP contribution in [0.15, 0.2) is 0 Å². The Bertz CT molecular complexity index is 362. The van der Waals surface area contributed by atoms with Crippen LogP contribution in [0.5, 0.6) is 0 Å². The first-order valence-corrected chi connectivity index (χ1v) is 6.25. The zero-order valence-corrected chi connectivity index (χ0v) is 10.7. The van der Waals surface area contributed by atoms with Crippen LogP contribution in [-0.2, 0) is 4.79 Å². The Morgan fingerprint density at radius 1 is 1.28 bits per heavy atom. The molecule has 0 saturated heterocycles. The molecule has 1 saturated carbocycles. The zero-order valence-electron chi connectivity index (χ0n) is 10.7. The fourth-order valence-electron chi connectivity index (χ4n) is 2.36. The summed E-state index contributed by atoms with van der Waals surface area (Å²) in [6.07, 6.45) is 4.47. The molecule has 0 atom stereocenters. The quantitative estimate of drug-likeness (QED) is 0.663. The van der Waals surface area contributed by atoms with Gasteiger partial charge in [0.1, 0.15) is 0 Å². The maximum Gasteiger partial charge on any atom is 0.315 e. The molecule has 1 fully saturated rings. The van der Waals surface area contributed by atoms with E-state index < -0.39 is 11.5 Å². The van der Waals surface area contributed by atoms with E-state index in [2.05, 4.69) is 22.5 Å². The van der Waals surface area contributed by atoms with Crippen molar-refractivity contribution in [3.8, 4) is 11.8 Å². The highest BCUT2D eigenvalue weighted by Crippen LogP contribution is 2.31. The monoisotopic (exact) mass is 252 g/mol. The Kier molecular flexibility index (Phi) is 5.50. The summed E-state index contributed by atoms with van der Waals surface area (Å²) in [5.41, 5.74) is -0.589. The minimum absolute atomic E-state index is 0.0140. The molecule has 0 bridgehead atoms. The molecule has 0 heterocycles. The summed E-state index contributed by atoms with van der Waals surface area (Å²) in [5.74, 6) is 4.54. The average Bonchev–Trinajstić information content (AvgIpc) is 2.29. The predicted molar refractivity (Wildman–Crippen MR) is 68.1 cm³/mol. The number of carboxylic acid groups (broad SMARTS) is 1. The van der Waals surface area contributed by atoms with Gasteiger partial charge in [-0.15, -0.1) is 5.92 Å². The number of carbonyl (C=O) groups excluding carboxylic acids is 1. The van der Waals surface area contributed by atoms with E-state index in [4.69, 9.17) is 5.11 Å². The SMILES string of the molecule is CC#CCNC(=O)NC1(CC(=O)O)CCCCC1. The second kappa shape index (κ2) is 6.90. The number of carbonyl (C=O) groups is 2. The molecule has 100 valence electrons. The Labute approximate surface area is 107 Å². The Morgan fingerprint density at radius 2 is 1.94 bits per heavy atom. The summed E-state index contributed by atoms with van der Waals surface area (Å²) < 4.78 is 0. The van der Waals surface area contributed by atoms with Gasteiger partial charge in [0.2, 0.25) is 0 Å². The number of carboxylic acids is 1. The van der Waals surface area contributed by atoms with Crippen LogP contribution in [0.2, 0.25) is 0 Å². The first-order valence-electron chi connectivity index (χ1n) is 6.25. The van der Waals surface area contributed by atoms with E-state index in [0.717, 1.165) is 32.1 Å². The summed E-state index contributed by atoms with van der Waals surface area (Å²) in [4.78, 5) is 22.6. The summed E-state index contributed by atoms with van der Waals surface area (Å²) in [5, 5.41) is 14.4. The predicted octanol–water partition coefficient (Wildman–Crippen LogP) is 1.49. The van der Waals surface area contributed by atoms with Crippen LogP contribution in [0.4, 0.5) is 4.79 Å². The summed E-state index contributed by atoms with van der Waals surface area (Å²) in [6.45, 7) is 1.98. The van der Waals surface area contributed by atoms with E-state index in [9.17, 15) is 9.59 Å². The lowest BCUT2D eigenvalue weighted by Crippen LogP contribution is -2.54. The molecule has 0 unspecified atom stereocenters. The van der Waals surface area contributed by atoms with Crippen LogP contribution in [-0.4, -0.2) is 29.2 Å². The standard InChI is InChI=1S/C13H20N2O3/c1-2-3-9-14-12(18)15-13(10-11(16)17)7-5-4-6-8-13/h4-10H2,1H3,(H,16,17)(H2,14,15,18). The number of nitrogens with one attached hydrogen (secondary N) is 2. The summed E-state index contributed by atoms with van der Waals surface area (Å²) in [7, 11) is 0. The van der Waals surface area contributed by atoms with Crippen molar-refractivity contribution in [2.75, 3.05) is 6.54 Å². The van der Waals surface area contributed by atoms with Crippen molar-refractivity contribution in [3.05, 3.63) is 0 Å². The van der Waals surface area contributed by atoms with Gasteiger partial charge in [0, 0.05) is 0 Å². The molecule has 0 spiro atoms. The van der Waals surface area contributed by atoms with Gasteiger partial charge in [-0.2, -0.15) is 0 Å². The summed E-state index contributed by atoms with van der Waals surface area (Å²) in [6, 6.07) is -0.332. The lowest BCUT2D eigenvalue weighted by molar-refractivity contribution is -0.139. The molecular formula is C13H20N2O3. The van der Waals surface area contributed by atoms with Gasteiger partial charge in [0.15, 0.2) is 0 Å². The smallest absolute Gasteiger partial charge is 0.315 e.